The molecule has 34 heavy (non-hydrogen) atoms. The van der Waals surface area contributed by atoms with Gasteiger partial charge in [0.15, 0.2) is 6.61 Å². The van der Waals surface area contributed by atoms with Gasteiger partial charge in [0.25, 0.3) is 11.8 Å². The van der Waals surface area contributed by atoms with Crippen LogP contribution >= 0.6 is 0 Å². The van der Waals surface area contributed by atoms with Gasteiger partial charge in [-0.1, -0.05) is 6.07 Å². The lowest BCUT2D eigenvalue weighted by Crippen LogP contribution is -2.34. The van der Waals surface area contributed by atoms with E-state index in [2.05, 4.69) is 5.32 Å². The van der Waals surface area contributed by atoms with Gasteiger partial charge in [0.2, 0.25) is 10.0 Å². The number of esters is 1. The summed E-state index contributed by atoms with van der Waals surface area (Å²) in [4.78, 5) is 38.9. The highest BCUT2D eigenvalue weighted by Gasteiger charge is 2.33. The Morgan fingerprint density at radius 2 is 1.79 bits per heavy atom. The van der Waals surface area contributed by atoms with E-state index in [1.54, 1.807) is 48.2 Å². The molecule has 1 heterocycles. The fraction of sp³-hybridized carbons (Fsp3) is 0.375. The van der Waals surface area contributed by atoms with Gasteiger partial charge in [-0.05, 0) is 69.2 Å². The second-order valence-electron chi connectivity index (χ2n) is 8.14. The van der Waals surface area contributed by atoms with E-state index in [0.717, 1.165) is 11.8 Å². The normalized spacial score (nSPS) is 14.9. The third-order valence-corrected chi connectivity index (χ3v) is 6.88. The van der Waals surface area contributed by atoms with Crippen molar-refractivity contribution in [3.05, 3.63) is 59.2 Å². The van der Waals surface area contributed by atoms with Gasteiger partial charge >= 0.3 is 5.97 Å². The first kappa shape index (κ1) is 25.2. The largest absolute Gasteiger partial charge is 0.452 e. The lowest BCUT2D eigenvalue weighted by molar-refractivity contribution is -0.119. The van der Waals surface area contributed by atoms with Crippen molar-refractivity contribution in [2.45, 2.75) is 33.2 Å². The summed E-state index contributed by atoms with van der Waals surface area (Å²) in [6.07, 6.45) is 1.63. The van der Waals surface area contributed by atoms with E-state index in [1.165, 1.54) is 10.4 Å². The number of amides is 2. The van der Waals surface area contributed by atoms with Crippen molar-refractivity contribution < 1.29 is 27.5 Å². The molecule has 0 saturated heterocycles. The van der Waals surface area contributed by atoms with Gasteiger partial charge in [-0.15, -0.1) is 0 Å². The van der Waals surface area contributed by atoms with Crippen molar-refractivity contribution in [1.29, 1.82) is 0 Å². The topological polar surface area (TPSA) is 113 Å². The molecule has 0 radical (unpaired) electrons. The number of hydrogen-bond donors (Lipinski definition) is 1. The zero-order valence-corrected chi connectivity index (χ0v) is 20.5. The Morgan fingerprint density at radius 1 is 1.09 bits per heavy atom. The zero-order chi connectivity index (χ0) is 25.0. The van der Waals surface area contributed by atoms with E-state index < -0.39 is 28.5 Å². The van der Waals surface area contributed by atoms with Crippen LogP contribution in [0.3, 0.4) is 0 Å². The molecule has 2 aromatic carbocycles. The molecule has 3 rings (SSSR count). The molecule has 1 unspecified atom stereocenters. The molecule has 2 amide bonds. The SMILES string of the molecule is CCN(CC)C(=O)c1cccc(NC(=O)COC(=O)c2ccc3c(c2)CC(C)N3S(C)(=O)=O)c1. The number of hydrogen-bond acceptors (Lipinski definition) is 6. The van der Waals surface area contributed by atoms with Crippen LogP contribution in [0.4, 0.5) is 11.4 Å². The Balaban J connectivity index is 1.61. The highest BCUT2D eigenvalue weighted by atomic mass is 32.2. The molecule has 0 saturated carbocycles. The summed E-state index contributed by atoms with van der Waals surface area (Å²) >= 11 is 0. The van der Waals surface area contributed by atoms with Gasteiger partial charge in [0.1, 0.15) is 0 Å². The number of carbonyl (C=O) groups is 3. The number of anilines is 2. The molecule has 0 fully saturated rings. The van der Waals surface area contributed by atoms with Gasteiger partial charge in [0.05, 0.1) is 17.5 Å². The van der Waals surface area contributed by atoms with Crippen molar-refractivity contribution in [3.8, 4) is 0 Å². The molecule has 0 spiro atoms. The summed E-state index contributed by atoms with van der Waals surface area (Å²) in [5.41, 5.74) is 2.39. The quantitative estimate of drug-likeness (QED) is 0.573. The zero-order valence-electron chi connectivity index (χ0n) is 19.7. The molecule has 1 atom stereocenters. The van der Waals surface area contributed by atoms with Crippen LogP contribution in [0.1, 0.15) is 47.1 Å². The van der Waals surface area contributed by atoms with Gasteiger partial charge in [-0.3, -0.25) is 13.9 Å². The summed E-state index contributed by atoms with van der Waals surface area (Å²) in [5.74, 6) is -1.36. The monoisotopic (exact) mass is 487 g/mol. The Morgan fingerprint density at radius 3 is 2.44 bits per heavy atom. The Kier molecular flexibility index (Phi) is 7.61. The van der Waals surface area contributed by atoms with Crippen molar-refractivity contribution in [2.75, 3.05) is 35.6 Å². The third kappa shape index (κ3) is 5.56. The second-order valence-corrected chi connectivity index (χ2v) is 10.00. The molecular formula is C24H29N3O6S. The Bertz CT molecular complexity index is 1210. The number of sulfonamides is 1. The highest BCUT2D eigenvalue weighted by Crippen LogP contribution is 2.34. The van der Waals surface area contributed by atoms with Crippen molar-refractivity contribution in [1.82, 2.24) is 4.90 Å². The number of nitrogens with zero attached hydrogens (tertiary/aromatic N) is 2. The van der Waals surface area contributed by atoms with Crippen LogP contribution < -0.4 is 9.62 Å². The maximum Gasteiger partial charge on any atom is 0.338 e. The fourth-order valence-corrected chi connectivity index (χ4v) is 5.33. The third-order valence-electron chi connectivity index (χ3n) is 5.60. The van der Waals surface area contributed by atoms with Crippen LogP contribution in [0.2, 0.25) is 0 Å². The number of rotatable bonds is 8. The maximum atomic E-state index is 12.5. The van der Waals surface area contributed by atoms with Crippen LogP contribution in [0.25, 0.3) is 0 Å². The maximum absolute atomic E-state index is 12.5. The summed E-state index contributed by atoms with van der Waals surface area (Å²) in [5, 5.41) is 2.63. The summed E-state index contributed by atoms with van der Waals surface area (Å²) in [6, 6.07) is 11.0. The Labute approximate surface area is 199 Å². The first-order valence-electron chi connectivity index (χ1n) is 11.0. The number of carbonyl (C=O) groups excluding carboxylic acids is 3. The molecule has 182 valence electrons. The predicted octanol–water partition coefficient (Wildman–Crippen LogP) is 2.67. The highest BCUT2D eigenvalue weighted by molar-refractivity contribution is 7.92. The van der Waals surface area contributed by atoms with Crippen molar-refractivity contribution in [3.63, 3.8) is 0 Å². The average molecular weight is 488 g/mol. The van der Waals surface area contributed by atoms with Crippen LogP contribution in [-0.2, 0) is 26.0 Å². The summed E-state index contributed by atoms with van der Waals surface area (Å²) < 4.78 is 30.6. The Hall–Kier alpha value is -3.40. The number of benzene rings is 2. The summed E-state index contributed by atoms with van der Waals surface area (Å²) in [7, 11) is -3.43. The van der Waals surface area contributed by atoms with Crippen molar-refractivity contribution in [2.24, 2.45) is 0 Å². The first-order chi connectivity index (χ1) is 16.0. The van der Waals surface area contributed by atoms with E-state index >= 15 is 0 Å². The van der Waals surface area contributed by atoms with Gasteiger partial charge in [-0.2, -0.15) is 0 Å². The molecule has 2 aromatic rings. The lowest BCUT2D eigenvalue weighted by Gasteiger charge is -2.21. The van der Waals surface area contributed by atoms with Crippen LogP contribution in [0, 0.1) is 0 Å². The molecule has 1 aliphatic heterocycles. The minimum atomic E-state index is -3.43. The summed E-state index contributed by atoms with van der Waals surface area (Å²) in [6.45, 7) is 6.24. The van der Waals surface area contributed by atoms with E-state index in [1.807, 2.05) is 13.8 Å². The smallest absolute Gasteiger partial charge is 0.338 e. The van der Waals surface area contributed by atoms with E-state index in [0.29, 0.717) is 36.4 Å². The minimum absolute atomic E-state index is 0.132. The molecule has 0 aromatic heterocycles. The number of ether oxygens (including phenoxy) is 1. The molecule has 9 nitrogen and oxygen atoms in total. The average Bonchev–Trinajstić information content (AvgIpc) is 3.13. The lowest BCUT2D eigenvalue weighted by atomic mass is 10.1. The van der Waals surface area contributed by atoms with Gasteiger partial charge in [-0.25, -0.2) is 13.2 Å². The number of fused-ring (bicyclic) bond motifs is 1. The molecule has 1 aliphatic rings. The van der Waals surface area contributed by atoms with E-state index in [4.69, 9.17) is 4.74 Å². The first-order valence-corrected chi connectivity index (χ1v) is 12.9. The van der Waals surface area contributed by atoms with E-state index in [-0.39, 0.29) is 17.5 Å². The van der Waals surface area contributed by atoms with E-state index in [9.17, 15) is 22.8 Å². The van der Waals surface area contributed by atoms with Crippen molar-refractivity contribution >= 4 is 39.2 Å². The second kappa shape index (κ2) is 10.3. The van der Waals surface area contributed by atoms with Crippen LogP contribution in [0.15, 0.2) is 42.5 Å². The molecule has 0 bridgehead atoms. The van der Waals surface area contributed by atoms with Crippen LogP contribution in [-0.4, -0.2) is 63.1 Å². The van der Waals surface area contributed by atoms with Gasteiger partial charge in [0, 0.05) is 30.4 Å². The number of nitrogens with one attached hydrogen (secondary N) is 1. The fourth-order valence-electron chi connectivity index (χ4n) is 4.07. The molecule has 10 heteroatoms. The molecular weight excluding hydrogens is 458 g/mol. The standard InChI is InChI=1S/C24H29N3O6S/c1-5-26(6-2)23(29)17-8-7-9-20(14-17)25-22(28)15-33-24(30)18-10-11-21-19(13-18)12-16(3)27(21)34(4,31)32/h7-11,13-14,16H,5-6,12,15H2,1-4H3,(H,25,28). The molecule has 0 aliphatic carbocycles. The van der Waals surface area contributed by atoms with Crippen LogP contribution in [0.5, 0.6) is 0 Å². The van der Waals surface area contributed by atoms with Gasteiger partial charge < -0.3 is 15.0 Å². The predicted molar refractivity (Wildman–Crippen MR) is 130 cm³/mol. The minimum Gasteiger partial charge on any atom is -0.452 e. The molecule has 1 N–H and O–H groups in total.